The summed E-state index contributed by atoms with van der Waals surface area (Å²) >= 11 is 0. The lowest BCUT2D eigenvalue weighted by atomic mass is 10.1. The number of benzene rings is 3. The number of hydrogen-bond donors (Lipinski definition) is 0. The van der Waals surface area contributed by atoms with Gasteiger partial charge < -0.3 is 18.9 Å². The summed E-state index contributed by atoms with van der Waals surface area (Å²) in [4.78, 5) is 18.0. The van der Waals surface area contributed by atoms with Crippen LogP contribution in [0.4, 0.5) is 0 Å². The fraction of sp³-hybridized carbons (Fsp3) is 0.231. The number of ether oxygens (including phenoxy) is 4. The highest BCUT2D eigenvalue weighted by atomic mass is 16.5. The zero-order valence-corrected chi connectivity index (χ0v) is 18.7. The van der Waals surface area contributed by atoms with E-state index < -0.39 is 0 Å². The van der Waals surface area contributed by atoms with Crippen molar-refractivity contribution < 1.29 is 18.9 Å². The Bertz CT molecular complexity index is 1270. The minimum atomic E-state index is -0.0948. The van der Waals surface area contributed by atoms with Crippen LogP contribution in [0.1, 0.15) is 0 Å². The van der Waals surface area contributed by atoms with Crippen LogP contribution >= 0.6 is 0 Å². The molecule has 0 unspecified atom stereocenters. The smallest absolute Gasteiger partial charge is 0.261 e. The Hall–Kier alpha value is -3.84. The maximum atomic E-state index is 13.2. The van der Waals surface area contributed by atoms with Gasteiger partial charge in [-0.3, -0.25) is 9.36 Å². The van der Waals surface area contributed by atoms with Crippen LogP contribution in [0.2, 0.25) is 0 Å². The average molecular weight is 447 g/mol. The van der Waals surface area contributed by atoms with Crippen molar-refractivity contribution in [3.8, 4) is 28.6 Å². The van der Waals surface area contributed by atoms with Gasteiger partial charge in [-0.1, -0.05) is 18.2 Å². The topological polar surface area (TPSA) is 71.8 Å². The quantitative estimate of drug-likeness (QED) is 0.341. The van der Waals surface area contributed by atoms with Gasteiger partial charge in [-0.15, -0.1) is 0 Å². The standard InChI is InChI=1S/C26H26N2O5/c1-30-20-12-10-19(11-13-20)25-27-24-9-4-3-8-23(24)26(29)28(25)14-15-32-16-17-33-22-7-5-6-21(18-22)31-2/h3-13,18H,14-17H2,1-2H3. The second-order valence-corrected chi connectivity index (χ2v) is 7.28. The van der Waals surface area contributed by atoms with E-state index in [0.29, 0.717) is 43.1 Å². The van der Waals surface area contributed by atoms with Crippen LogP contribution in [-0.4, -0.2) is 43.6 Å². The van der Waals surface area contributed by atoms with Gasteiger partial charge in [-0.05, 0) is 48.5 Å². The Morgan fingerprint density at radius 3 is 2.33 bits per heavy atom. The molecule has 0 N–H and O–H groups in total. The van der Waals surface area contributed by atoms with Crippen LogP contribution in [-0.2, 0) is 11.3 Å². The number of rotatable bonds is 10. The third-order valence-electron chi connectivity index (χ3n) is 5.21. The van der Waals surface area contributed by atoms with Crippen molar-refractivity contribution in [2.75, 3.05) is 34.0 Å². The molecule has 3 aromatic carbocycles. The number of methoxy groups -OCH3 is 2. The summed E-state index contributed by atoms with van der Waals surface area (Å²) in [7, 11) is 3.24. The summed E-state index contributed by atoms with van der Waals surface area (Å²) in [6.07, 6.45) is 0. The van der Waals surface area contributed by atoms with Crippen molar-refractivity contribution in [1.29, 1.82) is 0 Å². The molecule has 0 aliphatic carbocycles. The SMILES string of the molecule is COc1ccc(-c2nc3ccccc3c(=O)n2CCOCCOc2cccc(OC)c2)cc1. The minimum absolute atomic E-state index is 0.0948. The summed E-state index contributed by atoms with van der Waals surface area (Å²) in [5.74, 6) is 2.79. The van der Waals surface area contributed by atoms with E-state index in [0.717, 1.165) is 22.8 Å². The summed E-state index contributed by atoms with van der Waals surface area (Å²) in [5.41, 5.74) is 1.40. The number of hydrogen-bond acceptors (Lipinski definition) is 6. The van der Waals surface area contributed by atoms with Crippen LogP contribution in [0.15, 0.2) is 77.6 Å². The predicted molar refractivity (Wildman–Crippen MR) is 127 cm³/mol. The Labute approximate surface area is 192 Å². The molecule has 0 fully saturated rings. The van der Waals surface area contributed by atoms with Crippen LogP contribution in [0.25, 0.3) is 22.3 Å². The molecule has 0 amide bonds. The van der Waals surface area contributed by atoms with E-state index in [9.17, 15) is 4.79 Å². The average Bonchev–Trinajstić information content (AvgIpc) is 2.87. The first kappa shape index (κ1) is 22.4. The maximum Gasteiger partial charge on any atom is 0.261 e. The molecular formula is C26H26N2O5. The molecular weight excluding hydrogens is 420 g/mol. The third-order valence-corrected chi connectivity index (χ3v) is 5.21. The zero-order chi connectivity index (χ0) is 23.0. The van der Waals surface area contributed by atoms with E-state index in [1.54, 1.807) is 24.9 Å². The molecule has 7 nitrogen and oxygen atoms in total. The molecule has 0 saturated heterocycles. The number of fused-ring (bicyclic) bond motifs is 1. The van der Waals surface area contributed by atoms with Gasteiger partial charge in [0.05, 0.1) is 44.9 Å². The van der Waals surface area contributed by atoms with Gasteiger partial charge in [0.15, 0.2) is 0 Å². The highest BCUT2D eigenvalue weighted by Crippen LogP contribution is 2.22. The van der Waals surface area contributed by atoms with Crippen molar-refractivity contribution in [3.63, 3.8) is 0 Å². The van der Waals surface area contributed by atoms with Crippen LogP contribution in [0, 0.1) is 0 Å². The van der Waals surface area contributed by atoms with Crippen molar-refractivity contribution in [1.82, 2.24) is 9.55 Å². The van der Waals surface area contributed by atoms with Gasteiger partial charge in [-0.2, -0.15) is 0 Å². The van der Waals surface area contributed by atoms with E-state index in [-0.39, 0.29) is 5.56 Å². The van der Waals surface area contributed by atoms with Gasteiger partial charge >= 0.3 is 0 Å². The van der Waals surface area contributed by atoms with Gasteiger partial charge in [-0.25, -0.2) is 4.98 Å². The molecule has 0 aliphatic heterocycles. The second kappa shape index (κ2) is 10.7. The second-order valence-electron chi connectivity index (χ2n) is 7.28. The van der Waals surface area contributed by atoms with Gasteiger partial charge in [0, 0.05) is 11.6 Å². The summed E-state index contributed by atoms with van der Waals surface area (Å²) in [6, 6.07) is 22.3. The van der Waals surface area contributed by atoms with E-state index in [1.165, 1.54) is 0 Å². The fourth-order valence-corrected chi connectivity index (χ4v) is 3.50. The molecule has 0 saturated carbocycles. The van der Waals surface area contributed by atoms with Crippen molar-refractivity contribution >= 4 is 10.9 Å². The molecule has 7 heteroatoms. The van der Waals surface area contributed by atoms with Crippen molar-refractivity contribution in [3.05, 3.63) is 83.2 Å². The highest BCUT2D eigenvalue weighted by molar-refractivity contribution is 5.79. The molecule has 0 bridgehead atoms. The summed E-state index contributed by atoms with van der Waals surface area (Å²) in [6.45, 7) is 1.51. The highest BCUT2D eigenvalue weighted by Gasteiger charge is 2.13. The van der Waals surface area contributed by atoms with E-state index >= 15 is 0 Å². The van der Waals surface area contributed by atoms with Gasteiger partial charge in [0.25, 0.3) is 5.56 Å². The molecule has 0 spiro atoms. The molecule has 4 aromatic rings. The van der Waals surface area contributed by atoms with E-state index in [2.05, 4.69) is 0 Å². The Morgan fingerprint density at radius 1 is 0.788 bits per heavy atom. The minimum Gasteiger partial charge on any atom is -0.497 e. The molecule has 0 radical (unpaired) electrons. The first-order valence-corrected chi connectivity index (χ1v) is 10.7. The zero-order valence-electron chi connectivity index (χ0n) is 18.7. The van der Waals surface area contributed by atoms with Gasteiger partial charge in [0.2, 0.25) is 0 Å². The number of nitrogens with zero attached hydrogens (tertiary/aromatic N) is 2. The molecule has 4 rings (SSSR count). The molecule has 0 aliphatic rings. The van der Waals surface area contributed by atoms with Crippen LogP contribution in [0.5, 0.6) is 17.2 Å². The molecule has 0 atom stereocenters. The molecule has 170 valence electrons. The van der Waals surface area contributed by atoms with Crippen LogP contribution in [0.3, 0.4) is 0 Å². The Morgan fingerprint density at radius 2 is 1.55 bits per heavy atom. The number of para-hydroxylation sites is 1. The lowest BCUT2D eigenvalue weighted by Crippen LogP contribution is -2.26. The summed E-state index contributed by atoms with van der Waals surface area (Å²) in [5, 5.41) is 0.580. The first-order chi connectivity index (χ1) is 16.2. The van der Waals surface area contributed by atoms with Gasteiger partial charge in [0.1, 0.15) is 29.7 Å². The lowest BCUT2D eigenvalue weighted by molar-refractivity contribution is 0.0940. The Kier molecular flexibility index (Phi) is 7.22. The third kappa shape index (κ3) is 5.32. The first-order valence-electron chi connectivity index (χ1n) is 10.7. The van der Waals surface area contributed by atoms with Crippen LogP contribution < -0.4 is 19.8 Å². The van der Waals surface area contributed by atoms with E-state index in [1.807, 2.05) is 66.7 Å². The maximum absolute atomic E-state index is 13.2. The molecule has 33 heavy (non-hydrogen) atoms. The van der Waals surface area contributed by atoms with Crippen molar-refractivity contribution in [2.24, 2.45) is 0 Å². The normalized spacial score (nSPS) is 10.8. The number of aromatic nitrogens is 2. The Balaban J connectivity index is 1.45. The van der Waals surface area contributed by atoms with Crippen molar-refractivity contribution in [2.45, 2.75) is 6.54 Å². The monoisotopic (exact) mass is 446 g/mol. The van der Waals surface area contributed by atoms with E-state index in [4.69, 9.17) is 23.9 Å². The summed E-state index contributed by atoms with van der Waals surface area (Å²) < 4.78 is 23.5. The predicted octanol–water partition coefficient (Wildman–Crippen LogP) is 4.18. The fourth-order valence-electron chi connectivity index (χ4n) is 3.50. The molecule has 1 aromatic heterocycles. The lowest BCUT2D eigenvalue weighted by Gasteiger charge is -2.14. The molecule has 1 heterocycles. The largest absolute Gasteiger partial charge is 0.497 e.